The summed E-state index contributed by atoms with van der Waals surface area (Å²) >= 11 is 0. The lowest BCUT2D eigenvalue weighted by atomic mass is 9.98. The highest BCUT2D eigenvalue weighted by atomic mass is 16.5. The van der Waals surface area contributed by atoms with E-state index in [2.05, 4.69) is 17.4 Å². The number of fused-ring (bicyclic) bond motifs is 3. The molecule has 0 fully saturated rings. The van der Waals surface area contributed by atoms with Gasteiger partial charge in [0.15, 0.2) is 0 Å². The van der Waals surface area contributed by atoms with Crippen molar-refractivity contribution in [3.8, 4) is 11.1 Å². The third-order valence-electron chi connectivity index (χ3n) is 4.88. The molecule has 0 bridgehead atoms. The number of carbonyl (C=O) groups excluding carboxylic acids is 1. The van der Waals surface area contributed by atoms with E-state index in [9.17, 15) is 14.7 Å². The van der Waals surface area contributed by atoms with Crippen molar-refractivity contribution in [2.24, 2.45) is 0 Å². The molecule has 6 nitrogen and oxygen atoms in total. The number of alkyl carbamates (subject to hydrolysis) is 1. The van der Waals surface area contributed by atoms with Crippen molar-refractivity contribution in [2.45, 2.75) is 44.8 Å². The van der Waals surface area contributed by atoms with Gasteiger partial charge in [-0.1, -0.05) is 48.5 Å². The van der Waals surface area contributed by atoms with Gasteiger partial charge in [-0.15, -0.1) is 0 Å². The summed E-state index contributed by atoms with van der Waals surface area (Å²) in [7, 11) is 0. The Bertz CT molecular complexity index is 841. The van der Waals surface area contributed by atoms with Crippen LogP contribution in [-0.4, -0.2) is 42.0 Å². The molecule has 2 N–H and O–H groups in total. The summed E-state index contributed by atoms with van der Waals surface area (Å²) < 4.78 is 11.0. The third kappa shape index (κ3) is 5.15. The van der Waals surface area contributed by atoms with E-state index in [1.54, 1.807) is 0 Å². The fourth-order valence-electron chi connectivity index (χ4n) is 3.52. The van der Waals surface area contributed by atoms with Crippen LogP contribution in [0.3, 0.4) is 0 Å². The first kappa shape index (κ1) is 20.9. The van der Waals surface area contributed by atoms with Crippen LogP contribution in [0, 0.1) is 0 Å². The van der Waals surface area contributed by atoms with Crippen LogP contribution in [0.15, 0.2) is 48.5 Å². The molecule has 1 amide bonds. The molecule has 6 heteroatoms. The second-order valence-corrected chi connectivity index (χ2v) is 8.11. The van der Waals surface area contributed by atoms with Gasteiger partial charge in [0.1, 0.15) is 12.6 Å². The minimum atomic E-state index is -1.11. The Morgan fingerprint density at radius 1 is 1.03 bits per heavy atom. The molecule has 0 saturated carbocycles. The first-order valence-corrected chi connectivity index (χ1v) is 9.74. The maximum absolute atomic E-state index is 12.3. The smallest absolute Gasteiger partial charge is 0.407 e. The molecule has 154 valence electrons. The van der Waals surface area contributed by atoms with Gasteiger partial charge < -0.3 is 19.9 Å². The van der Waals surface area contributed by atoms with Gasteiger partial charge in [-0.25, -0.2) is 9.59 Å². The number of ether oxygens (including phenoxy) is 2. The fourth-order valence-corrected chi connectivity index (χ4v) is 3.52. The second kappa shape index (κ2) is 8.66. The fraction of sp³-hybridized carbons (Fsp3) is 0.391. The largest absolute Gasteiger partial charge is 0.480 e. The van der Waals surface area contributed by atoms with Crippen LogP contribution >= 0.6 is 0 Å². The summed E-state index contributed by atoms with van der Waals surface area (Å²) in [5.74, 6) is -1.18. The molecule has 0 radical (unpaired) electrons. The van der Waals surface area contributed by atoms with Gasteiger partial charge >= 0.3 is 12.1 Å². The molecule has 1 aliphatic carbocycles. The molecule has 2 aromatic rings. The zero-order valence-corrected chi connectivity index (χ0v) is 17.0. The average molecular weight is 397 g/mol. The number of hydrogen-bond donors (Lipinski definition) is 2. The standard InChI is InChI=1S/C23H27NO5/c1-23(2,3)29-13-12-20(21(25)26)24-22(27)28-14-19-17-10-6-4-8-15(17)16-9-5-7-11-18(16)19/h4-11,19-20H,12-14H2,1-3H3,(H,24,27)(H,25,26). The second-order valence-electron chi connectivity index (χ2n) is 8.11. The maximum Gasteiger partial charge on any atom is 0.407 e. The van der Waals surface area contributed by atoms with Crippen LogP contribution < -0.4 is 5.32 Å². The van der Waals surface area contributed by atoms with Crippen molar-refractivity contribution in [3.63, 3.8) is 0 Å². The zero-order chi connectivity index (χ0) is 21.0. The van der Waals surface area contributed by atoms with Gasteiger partial charge in [-0.05, 0) is 43.0 Å². The minimum Gasteiger partial charge on any atom is -0.480 e. The number of nitrogens with one attached hydrogen (secondary N) is 1. The molecule has 1 unspecified atom stereocenters. The number of hydrogen-bond acceptors (Lipinski definition) is 4. The summed E-state index contributed by atoms with van der Waals surface area (Å²) in [6.45, 7) is 6.04. The number of carboxylic acid groups (broad SMARTS) is 1. The normalized spacial score (nSPS) is 14.0. The molecule has 0 aromatic heterocycles. The van der Waals surface area contributed by atoms with Crippen molar-refractivity contribution >= 4 is 12.1 Å². The molecule has 0 heterocycles. The highest BCUT2D eigenvalue weighted by molar-refractivity contribution is 5.81. The third-order valence-corrected chi connectivity index (χ3v) is 4.88. The van der Waals surface area contributed by atoms with Crippen molar-refractivity contribution in [2.75, 3.05) is 13.2 Å². The lowest BCUT2D eigenvalue weighted by Crippen LogP contribution is -2.42. The van der Waals surface area contributed by atoms with Crippen LogP contribution in [0.25, 0.3) is 11.1 Å². The zero-order valence-electron chi connectivity index (χ0n) is 17.0. The van der Waals surface area contributed by atoms with Gasteiger partial charge in [0.05, 0.1) is 5.60 Å². The topological polar surface area (TPSA) is 84.9 Å². The first-order valence-electron chi connectivity index (χ1n) is 9.74. The van der Waals surface area contributed by atoms with Gasteiger partial charge in [-0.2, -0.15) is 0 Å². The quantitative estimate of drug-likeness (QED) is 0.732. The van der Waals surface area contributed by atoms with Crippen LogP contribution in [0.1, 0.15) is 44.2 Å². The van der Waals surface area contributed by atoms with Crippen molar-refractivity contribution in [3.05, 3.63) is 59.7 Å². The molecule has 2 aromatic carbocycles. The van der Waals surface area contributed by atoms with Gasteiger partial charge in [0.25, 0.3) is 0 Å². The molecule has 1 atom stereocenters. The van der Waals surface area contributed by atoms with Crippen LogP contribution in [0.5, 0.6) is 0 Å². The van der Waals surface area contributed by atoms with Crippen molar-refractivity contribution in [1.82, 2.24) is 5.32 Å². The monoisotopic (exact) mass is 397 g/mol. The molecule has 0 aliphatic heterocycles. The van der Waals surface area contributed by atoms with Gasteiger partial charge in [-0.3, -0.25) is 0 Å². The molecule has 0 spiro atoms. The Labute approximate surface area is 170 Å². The molecule has 3 rings (SSSR count). The van der Waals surface area contributed by atoms with Crippen LogP contribution in [-0.2, 0) is 14.3 Å². The highest BCUT2D eigenvalue weighted by Gasteiger charge is 2.29. The molecule has 0 saturated heterocycles. The number of aliphatic carboxylic acids is 1. The van der Waals surface area contributed by atoms with E-state index in [-0.39, 0.29) is 31.2 Å². The molecular weight excluding hydrogens is 370 g/mol. The van der Waals surface area contributed by atoms with E-state index in [1.807, 2.05) is 57.2 Å². The van der Waals surface area contributed by atoms with E-state index in [0.717, 1.165) is 22.3 Å². The number of carbonyl (C=O) groups is 2. The van der Waals surface area contributed by atoms with Gasteiger partial charge in [0, 0.05) is 18.9 Å². The maximum atomic E-state index is 12.3. The number of benzene rings is 2. The summed E-state index contributed by atoms with van der Waals surface area (Å²) in [6.07, 6.45) is -0.577. The Kier molecular flexibility index (Phi) is 6.23. The van der Waals surface area contributed by atoms with E-state index in [0.29, 0.717) is 0 Å². The molecule has 29 heavy (non-hydrogen) atoms. The number of carboxylic acids is 1. The Balaban J connectivity index is 1.61. The van der Waals surface area contributed by atoms with Gasteiger partial charge in [0.2, 0.25) is 0 Å². The SMILES string of the molecule is CC(C)(C)OCCC(NC(=O)OCC1c2ccccc2-c2ccccc21)C(=O)O. The summed E-state index contributed by atoms with van der Waals surface area (Å²) in [5, 5.41) is 11.8. The Morgan fingerprint density at radius 2 is 1.59 bits per heavy atom. The lowest BCUT2D eigenvalue weighted by molar-refractivity contribution is -0.140. The molecule has 1 aliphatic rings. The Morgan fingerprint density at radius 3 is 2.10 bits per heavy atom. The lowest BCUT2D eigenvalue weighted by Gasteiger charge is -2.21. The summed E-state index contributed by atoms with van der Waals surface area (Å²) in [6, 6.07) is 15.0. The number of rotatable bonds is 7. The van der Waals surface area contributed by atoms with Crippen molar-refractivity contribution in [1.29, 1.82) is 0 Å². The predicted octanol–water partition coefficient (Wildman–Crippen LogP) is 4.18. The average Bonchev–Trinajstić information content (AvgIpc) is 2.98. The highest BCUT2D eigenvalue weighted by Crippen LogP contribution is 2.44. The van der Waals surface area contributed by atoms with Crippen LogP contribution in [0.2, 0.25) is 0 Å². The van der Waals surface area contributed by atoms with E-state index in [1.165, 1.54) is 0 Å². The number of amides is 1. The summed E-state index contributed by atoms with van der Waals surface area (Å²) in [4.78, 5) is 23.7. The minimum absolute atomic E-state index is 0.0688. The van der Waals surface area contributed by atoms with E-state index < -0.39 is 18.1 Å². The van der Waals surface area contributed by atoms with E-state index >= 15 is 0 Å². The van der Waals surface area contributed by atoms with E-state index in [4.69, 9.17) is 9.47 Å². The predicted molar refractivity (Wildman–Crippen MR) is 110 cm³/mol. The van der Waals surface area contributed by atoms with Crippen molar-refractivity contribution < 1.29 is 24.2 Å². The van der Waals surface area contributed by atoms with Crippen LogP contribution in [0.4, 0.5) is 4.79 Å². The molecular formula is C23H27NO5. The first-order chi connectivity index (χ1) is 13.8. The Hall–Kier alpha value is -2.86. The summed E-state index contributed by atoms with van der Waals surface area (Å²) in [5.41, 5.74) is 4.12.